The van der Waals surface area contributed by atoms with Crippen molar-refractivity contribution < 1.29 is 49.3 Å². The number of aliphatic hydroxyl groups is 5. The van der Waals surface area contributed by atoms with Gasteiger partial charge in [-0.15, -0.1) is 0 Å². The molecule has 510 valence electrons. The van der Waals surface area contributed by atoms with Gasteiger partial charge in [-0.3, -0.25) is 9.59 Å². The second-order valence-electron chi connectivity index (χ2n) is 26.0. The van der Waals surface area contributed by atoms with Crippen LogP contribution in [0.5, 0.6) is 0 Å². The summed E-state index contributed by atoms with van der Waals surface area (Å²) in [5.74, 6) is -0.181. The van der Waals surface area contributed by atoms with Crippen molar-refractivity contribution in [1.29, 1.82) is 0 Å². The summed E-state index contributed by atoms with van der Waals surface area (Å²) in [5, 5.41) is 54.5. The zero-order valence-corrected chi connectivity index (χ0v) is 56.7. The van der Waals surface area contributed by atoms with Crippen LogP contribution in [0.3, 0.4) is 0 Å². The van der Waals surface area contributed by atoms with Crippen molar-refractivity contribution in [3.63, 3.8) is 0 Å². The van der Waals surface area contributed by atoms with Gasteiger partial charge in [0.05, 0.1) is 32.0 Å². The predicted octanol–water partition coefficient (Wildman–Crippen LogP) is 19.5. The lowest BCUT2D eigenvalue weighted by atomic mass is 9.99. The fourth-order valence-corrected chi connectivity index (χ4v) is 11.8. The molecule has 11 heteroatoms. The highest BCUT2D eigenvalue weighted by Gasteiger charge is 2.44. The highest BCUT2D eigenvalue weighted by Crippen LogP contribution is 2.23. The first-order valence-electron chi connectivity index (χ1n) is 37.4. The predicted molar refractivity (Wildman–Crippen MR) is 366 cm³/mol. The fraction of sp³-hybridized carbons (Fsp3) is 0.868. The van der Waals surface area contributed by atoms with E-state index in [2.05, 4.69) is 55.6 Å². The molecule has 0 aliphatic carbocycles. The van der Waals surface area contributed by atoms with Gasteiger partial charge in [-0.1, -0.05) is 319 Å². The highest BCUT2D eigenvalue weighted by atomic mass is 16.7. The molecule has 11 nitrogen and oxygen atoms in total. The molecule has 0 bridgehead atoms. The van der Waals surface area contributed by atoms with Gasteiger partial charge in [0.1, 0.15) is 24.4 Å². The molecule has 1 heterocycles. The Bertz CT molecular complexity index is 1580. The van der Waals surface area contributed by atoms with E-state index in [4.69, 9.17) is 14.2 Å². The van der Waals surface area contributed by atoms with Crippen molar-refractivity contribution in [2.45, 2.75) is 403 Å². The number of carbonyl (C=O) groups excluding carboxylic acids is 2. The lowest BCUT2D eigenvalue weighted by Gasteiger charge is -2.40. The summed E-state index contributed by atoms with van der Waals surface area (Å²) >= 11 is 0. The Morgan fingerprint density at radius 2 is 0.782 bits per heavy atom. The third-order valence-electron chi connectivity index (χ3n) is 17.7. The molecule has 7 atom stereocenters. The molecule has 0 aromatic rings. The van der Waals surface area contributed by atoms with Crippen LogP contribution < -0.4 is 5.32 Å². The van der Waals surface area contributed by atoms with Crippen LogP contribution in [-0.2, 0) is 23.8 Å². The standard InChI is InChI=1S/C76H141NO10/c1-3-5-7-9-11-13-15-17-39-42-46-50-54-58-62-69(79)68(67-86-76-75(84)74(83)73(82)70(66-78)87-76)77-71(80)63-59-55-51-47-43-40-37-35-33-31-29-27-25-23-21-19-18-20-22-24-26-28-30-32-34-36-38-41-45-49-53-57-61-65-85-72(81)64-60-56-52-48-44-16-14-12-10-8-6-4-2/h22,24,28,30,42,46,58,62,68-70,73-76,78-79,82-84H,3-21,23,25-27,29,31-41,43-45,47-57,59-61,63-67H2,1-2H3,(H,77,80)/b24-22-,30-28-,46-42+,62-58+. The van der Waals surface area contributed by atoms with E-state index in [0.29, 0.717) is 19.4 Å². The Morgan fingerprint density at radius 1 is 0.425 bits per heavy atom. The van der Waals surface area contributed by atoms with Crippen LogP contribution in [0.1, 0.15) is 361 Å². The van der Waals surface area contributed by atoms with Gasteiger partial charge >= 0.3 is 5.97 Å². The van der Waals surface area contributed by atoms with Crippen LogP contribution in [0.2, 0.25) is 0 Å². The third-order valence-corrected chi connectivity index (χ3v) is 17.7. The number of nitrogens with one attached hydrogen (secondary N) is 1. The second-order valence-corrected chi connectivity index (χ2v) is 26.0. The molecule has 0 aromatic heterocycles. The SMILES string of the molecule is CCCCCCCCCC/C=C/CC/C=C/C(O)C(COC1OC(CO)C(O)C(O)C1O)NC(=O)CCCCCCCCCCCCCCCCCCC/C=C\C/C=C\CCCCCCCCCCCOC(=O)CCCCCCCCCCCCCC. The topological polar surface area (TPSA) is 175 Å². The minimum absolute atomic E-state index is 0.00761. The summed E-state index contributed by atoms with van der Waals surface area (Å²) in [6, 6.07) is -0.827. The quantitative estimate of drug-likeness (QED) is 0.0195. The number of carbonyl (C=O) groups is 2. The lowest BCUT2D eigenvalue weighted by molar-refractivity contribution is -0.302. The number of hydrogen-bond donors (Lipinski definition) is 6. The van der Waals surface area contributed by atoms with Crippen molar-refractivity contribution in [3.8, 4) is 0 Å². The van der Waals surface area contributed by atoms with Crippen molar-refractivity contribution in [3.05, 3.63) is 48.6 Å². The summed E-state index contributed by atoms with van der Waals surface area (Å²) in [4.78, 5) is 25.1. The first-order chi connectivity index (χ1) is 42.7. The molecule has 7 unspecified atom stereocenters. The van der Waals surface area contributed by atoms with Crippen molar-refractivity contribution in [1.82, 2.24) is 5.32 Å². The van der Waals surface area contributed by atoms with Gasteiger partial charge in [-0.05, 0) is 77.0 Å². The number of aliphatic hydroxyl groups excluding tert-OH is 5. The number of unbranched alkanes of at least 4 members (excludes halogenated alkanes) is 46. The number of amides is 1. The van der Waals surface area contributed by atoms with Crippen LogP contribution in [0, 0.1) is 0 Å². The highest BCUT2D eigenvalue weighted by molar-refractivity contribution is 5.76. The Morgan fingerprint density at radius 3 is 1.21 bits per heavy atom. The van der Waals surface area contributed by atoms with Crippen molar-refractivity contribution in [2.24, 2.45) is 0 Å². The molecule has 1 rings (SSSR count). The van der Waals surface area contributed by atoms with Crippen LogP contribution in [0.25, 0.3) is 0 Å². The number of esters is 1. The van der Waals surface area contributed by atoms with E-state index >= 15 is 0 Å². The molecule has 0 aromatic carbocycles. The lowest BCUT2D eigenvalue weighted by Crippen LogP contribution is -2.60. The first kappa shape index (κ1) is 82.6. The molecule has 0 radical (unpaired) electrons. The van der Waals surface area contributed by atoms with Crippen LogP contribution >= 0.6 is 0 Å². The van der Waals surface area contributed by atoms with Gasteiger partial charge in [0.2, 0.25) is 5.91 Å². The Hall–Kier alpha value is -2.38. The molecule has 1 saturated heterocycles. The van der Waals surface area contributed by atoms with E-state index in [9.17, 15) is 35.1 Å². The fourth-order valence-electron chi connectivity index (χ4n) is 11.8. The second kappa shape index (κ2) is 65.1. The van der Waals surface area contributed by atoms with E-state index in [1.807, 2.05) is 6.08 Å². The van der Waals surface area contributed by atoms with E-state index in [1.165, 1.54) is 270 Å². The summed E-state index contributed by atoms with van der Waals surface area (Å²) in [6.07, 6.45) is 75.4. The van der Waals surface area contributed by atoms with Crippen LogP contribution in [-0.4, -0.2) is 100 Å². The summed E-state index contributed by atoms with van der Waals surface area (Å²) < 4.78 is 16.7. The summed E-state index contributed by atoms with van der Waals surface area (Å²) in [5.41, 5.74) is 0. The average molecular weight is 1230 g/mol. The largest absolute Gasteiger partial charge is 0.466 e. The van der Waals surface area contributed by atoms with Gasteiger partial charge in [0.25, 0.3) is 0 Å². The van der Waals surface area contributed by atoms with Gasteiger partial charge in [-0.25, -0.2) is 0 Å². The first-order valence-corrected chi connectivity index (χ1v) is 37.4. The van der Waals surface area contributed by atoms with Gasteiger partial charge in [0.15, 0.2) is 6.29 Å². The van der Waals surface area contributed by atoms with E-state index < -0.39 is 49.5 Å². The molecule has 87 heavy (non-hydrogen) atoms. The smallest absolute Gasteiger partial charge is 0.305 e. The van der Waals surface area contributed by atoms with Crippen LogP contribution in [0.4, 0.5) is 0 Å². The minimum atomic E-state index is -1.58. The average Bonchev–Trinajstić information content (AvgIpc) is 1.86. The molecule has 1 amide bonds. The van der Waals surface area contributed by atoms with Crippen LogP contribution in [0.15, 0.2) is 48.6 Å². The van der Waals surface area contributed by atoms with Gasteiger partial charge in [0, 0.05) is 12.8 Å². The number of hydrogen-bond acceptors (Lipinski definition) is 10. The Balaban J connectivity index is 1.97. The maximum absolute atomic E-state index is 13.1. The van der Waals surface area contributed by atoms with Crippen molar-refractivity contribution in [2.75, 3.05) is 19.8 Å². The maximum atomic E-state index is 13.1. The molecule has 1 aliphatic rings. The molecule has 0 spiro atoms. The number of rotatable bonds is 66. The summed E-state index contributed by atoms with van der Waals surface area (Å²) in [6.45, 7) is 4.36. The Labute approximate surface area is 536 Å². The van der Waals surface area contributed by atoms with E-state index in [-0.39, 0.29) is 18.5 Å². The Kier molecular flexibility index (Phi) is 61.9. The van der Waals surface area contributed by atoms with E-state index in [0.717, 1.165) is 64.2 Å². The van der Waals surface area contributed by atoms with Gasteiger partial charge < -0.3 is 45.1 Å². The third kappa shape index (κ3) is 53.9. The molecule has 1 aliphatic heterocycles. The molecular weight excluding hydrogens is 1090 g/mol. The molecule has 0 saturated carbocycles. The van der Waals surface area contributed by atoms with E-state index in [1.54, 1.807) is 6.08 Å². The zero-order chi connectivity index (χ0) is 63.0. The number of allylic oxidation sites excluding steroid dienone is 7. The molecule has 1 fully saturated rings. The molecule has 6 N–H and O–H groups in total. The molecular formula is C76H141NO10. The minimum Gasteiger partial charge on any atom is -0.466 e. The number of ether oxygens (including phenoxy) is 3. The monoisotopic (exact) mass is 1230 g/mol. The maximum Gasteiger partial charge on any atom is 0.305 e. The van der Waals surface area contributed by atoms with Crippen molar-refractivity contribution >= 4 is 11.9 Å². The summed E-state index contributed by atoms with van der Waals surface area (Å²) in [7, 11) is 0. The normalized spacial score (nSPS) is 18.1. The van der Waals surface area contributed by atoms with Gasteiger partial charge in [-0.2, -0.15) is 0 Å². The zero-order valence-electron chi connectivity index (χ0n) is 56.7.